The molecule has 3 aromatic heterocycles. The van der Waals surface area contributed by atoms with Crippen molar-refractivity contribution in [2.75, 3.05) is 0 Å². The molecule has 0 fully saturated rings. The summed E-state index contributed by atoms with van der Waals surface area (Å²) in [5.41, 5.74) is 0. The Morgan fingerprint density at radius 2 is 1.73 bits per heavy atom. The Kier molecular flexibility index (Phi) is 4.65. The molecule has 0 aliphatic carbocycles. The predicted octanol–water partition coefficient (Wildman–Crippen LogP) is 2.47. The van der Waals surface area contributed by atoms with Gasteiger partial charge in [-0.15, -0.1) is 5.10 Å². The Morgan fingerprint density at radius 3 is 2.27 bits per heavy atom. The predicted molar refractivity (Wildman–Crippen MR) is 78.5 cm³/mol. The van der Waals surface area contributed by atoms with Crippen LogP contribution < -0.4 is 0 Å². The number of furan rings is 2. The van der Waals surface area contributed by atoms with Crippen molar-refractivity contribution >= 4 is 0 Å². The number of rotatable bonds is 8. The number of aryl methyl sites for hydroxylation is 1. The van der Waals surface area contributed by atoms with Crippen molar-refractivity contribution in [3.05, 3.63) is 54.1 Å². The van der Waals surface area contributed by atoms with E-state index in [9.17, 15) is 0 Å². The summed E-state index contributed by atoms with van der Waals surface area (Å²) in [5.74, 6) is 2.65. The fourth-order valence-electron chi connectivity index (χ4n) is 2.34. The first-order valence-electron chi connectivity index (χ1n) is 7.37. The van der Waals surface area contributed by atoms with E-state index in [1.165, 1.54) is 0 Å². The monoisotopic (exact) mass is 301 g/mol. The first-order valence-corrected chi connectivity index (χ1v) is 7.37. The van der Waals surface area contributed by atoms with Gasteiger partial charge in [0.1, 0.15) is 11.5 Å². The van der Waals surface area contributed by atoms with Gasteiger partial charge in [-0.3, -0.25) is 4.90 Å². The van der Waals surface area contributed by atoms with Crippen LogP contribution in [0.1, 0.15) is 30.7 Å². The van der Waals surface area contributed by atoms with Gasteiger partial charge in [0.25, 0.3) is 0 Å². The second-order valence-corrected chi connectivity index (χ2v) is 5.12. The van der Waals surface area contributed by atoms with Crippen molar-refractivity contribution in [1.82, 2.24) is 25.1 Å². The van der Waals surface area contributed by atoms with Crippen LogP contribution in [0.5, 0.6) is 0 Å². The fourth-order valence-corrected chi connectivity index (χ4v) is 2.34. The molecule has 3 heterocycles. The number of tetrazole rings is 1. The fraction of sp³-hybridized carbons (Fsp3) is 0.400. The molecule has 7 heteroatoms. The van der Waals surface area contributed by atoms with Crippen LogP contribution in [0.2, 0.25) is 0 Å². The van der Waals surface area contributed by atoms with E-state index < -0.39 is 0 Å². The van der Waals surface area contributed by atoms with Gasteiger partial charge in [0.15, 0.2) is 5.82 Å². The lowest BCUT2D eigenvalue weighted by Gasteiger charge is -2.19. The molecule has 0 N–H and O–H groups in total. The highest BCUT2D eigenvalue weighted by atomic mass is 16.3. The van der Waals surface area contributed by atoms with Crippen LogP contribution in [0.4, 0.5) is 0 Å². The zero-order valence-corrected chi connectivity index (χ0v) is 12.6. The maximum absolute atomic E-state index is 5.45. The highest BCUT2D eigenvalue weighted by molar-refractivity contribution is 5.01. The van der Waals surface area contributed by atoms with Crippen LogP contribution in [-0.4, -0.2) is 25.1 Å². The molecule has 116 valence electrons. The largest absolute Gasteiger partial charge is 0.468 e. The van der Waals surface area contributed by atoms with Crippen molar-refractivity contribution in [1.29, 1.82) is 0 Å². The highest BCUT2D eigenvalue weighted by Gasteiger charge is 2.15. The van der Waals surface area contributed by atoms with Crippen LogP contribution >= 0.6 is 0 Å². The first-order chi connectivity index (χ1) is 10.8. The van der Waals surface area contributed by atoms with Crippen molar-refractivity contribution in [2.45, 2.75) is 39.5 Å². The highest BCUT2D eigenvalue weighted by Crippen LogP contribution is 2.13. The van der Waals surface area contributed by atoms with Crippen LogP contribution in [-0.2, 0) is 26.2 Å². The molecule has 0 aromatic carbocycles. The zero-order valence-electron chi connectivity index (χ0n) is 12.6. The maximum atomic E-state index is 5.45. The summed E-state index contributed by atoms with van der Waals surface area (Å²) < 4.78 is 12.7. The van der Waals surface area contributed by atoms with Gasteiger partial charge in [0.2, 0.25) is 0 Å². The van der Waals surface area contributed by atoms with Crippen molar-refractivity contribution < 1.29 is 8.83 Å². The van der Waals surface area contributed by atoms with Gasteiger partial charge in [-0.1, -0.05) is 6.92 Å². The molecule has 0 saturated heterocycles. The second-order valence-electron chi connectivity index (χ2n) is 5.12. The summed E-state index contributed by atoms with van der Waals surface area (Å²) in [5, 5.41) is 11.9. The van der Waals surface area contributed by atoms with Gasteiger partial charge < -0.3 is 8.83 Å². The third kappa shape index (κ3) is 3.62. The summed E-state index contributed by atoms with van der Waals surface area (Å²) >= 11 is 0. The average Bonchev–Trinajstić information content (AvgIpc) is 3.23. The Hall–Kier alpha value is -2.41. The summed E-state index contributed by atoms with van der Waals surface area (Å²) in [4.78, 5) is 2.19. The molecule has 0 aliphatic heterocycles. The van der Waals surface area contributed by atoms with Gasteiger partial charge in [0.05, 0.1) is 32.2 Å². The van der Waals surface area contributed by atoms with Crippen molar-refractivity contribution in [3.63, 3.8) is 0 Å². The lowest BCUT2D eigenvalue weighted by Crippen LogP contribution is -2.24. The first kappa shape index (κ1) is 14.5. The molecule has 0 atom stereocenters. The number of aromatic nitrogens is 4. The van der Waals surface area contributed by atoms with E-state index in [0.717, 1.165) is 30.3 Å². The van der Waals surface area contributed by atoms with Gasteiger partial charge in [-0.2, -0.15) is 0 Å². The second kappa shape index (κ2) is 7.04. The van der Waals surface area contributed by atoms with E-state index in [0.29, 0.717) is 19.6 Å². The standard InChI is InChI=1S/C15H19N5O2/c1-2-7-20-15(16-17-18-20)12-19(10-13-5-3-8-21-13)11-14-6-4-9-22-14/h3-6,8-9H,2,7,10-12H2,1H3. The normalized spacial score (nSPS) is 11.4. The Balaban J connectivity index is 1.73. The molecular formula is C15H19N5O2. The third-order valence-electron chi connectivity index (χ3n) is 3.33. The molecule has 0 radical (unpaired) electrons. The molecule has 0 amide bonds. The minimum Gasteiger partial charge on any atom is -0.468 e. The van der Waals surface area contributed by atoms with Gasteiger partial charge in [0, 0.05) is 6.54 Å². The molecule has 0 saturated carbocycles. The summed E-state index contributed by atoms with van der Waals surface area (Å²) in [6, 6.07) is 7.71. The summed E-state index contributed by atoms with van der Waals surface area (Å²) in [6.45, 7) is 4.90. The van der Waals surface area contributed by atoms with Crippen LogP contribution in [0.15, 0.2) is 45.6 Å². The van der Waals surface area contributed by atoms with Crippen molar-refractivity contribution in [3.8, 4) is 0 Å². The van der Waals surface area contributed by atoms with Gasteiger partial charge in [-0.25, -0.2) is 4.68 Å². The van der Waals surface area contributed by atoms with E-state index in [4.69, 9.17) is 8.83 Å². The van der Waals surface area contributed by atoms with Crippen LogP contribution in [0, 0.1) is 0 Å². The number of hydrogen-bond acceptors (Lipinski definition) is 6. The lowest BCUT2D eigenvalue weighted by molar-refractivity contribution is 0.201. The van der Waals surface area contributed by atoms with E-state index in [-0.39, 0.29) is 0 Å². The minimum atomic E-state index is 0.633. The molecule has 22 heavy (non-hydrogen) atoms. The van der Waals surface area contributed by atoms with Gasteiger partial charge >= 0.3 is 0 Å². The van der Waals surface area contributed by atoms with E-state index in [1.54, 1.807) is 12.5 Å². The maximum Gasteiger partial charge on any atom is 0.165 e. The van der Waals surface area contributed by atoms with E-state index in [1.807, 2.05) is 28.9 Å². The smallest absolute Gasteiger partial charge is 0.165 e. The molecular weight excluding hydrogens is 282 g/mol. The van der Waals surface area contributed by atoms with E-state index >= 15 is 0 Å². The SMILES string of the molecule is CCCn1nnnc1CN(Cc1ccco1)Cc1ccco1. The van der Waals surface area contributed by atoms with Crippen LogP contribution in [0.3, 0.4) is 0 Å². The Bertz CT molecular complexity index is 624. The third-order valence-corrected chi connectivity index (χ3v) is 3.33. The van der Waals surface area contributed by atoms with E-state index in [2.05, 4.69) is 27.3 Å². The zero-order chi connectivity index (χ0) is 15.2. The molecule has 3 aromatic rings. The summed E-state index contributed by atoms with van der Waals surface area (Å²) in [6.07, 6.45) is 4.36. The summed E-state index contributed by atoms with van der Waals surface area (Å²) in [7, 11) is 0. The lowest BCUT2D eigenvalue weighted by atomic mass is 10.3. The average molecular weight is 301 g/mol. The molecule has 7 nitrogen and oxygen atoms in total. The Morgan fingerprint density at radius 1 is 1.05 bits per heavy atom. The minimum absolute atomic E-state index is 0.633. The number of hydrogen-bond donors (Lipinski definition) is 0. The number of nitrogens with zero attached hydrogens (tertiary/aromatic N) is 5. The van der Waals surface area contributed by atoms with Crippen LogP contribution in [0.25, 0.3) is 0 Å². The molecule has 0 spiro atoms. The topological polar surface area (TPSA) is 73.1 Å². The molecule has 0 bridgehead atoms. The Labute approximate surface area is 128 Å². The molecule has 0 unspecified atom stereocenters. The quantitative estimate of drug-likeness (QED) is 0.636. The molecule has 3 rings (SSSR count). The van der Waals surface area contributed by atoms with Crippen molar-refractivity contribution in [2.24, 2.45) is 0 Å². The van der Waals surface area contributed by atoms with Gasteiger partial charge in [-0.05, 0) is 41.1 Å². The molecule has 0 aliphatic rings.